The van der Waals surface area contributed by atoms with Gasteiger partial charge in [0.1, 0.15) is 5.75 Å². The lowest BCUT2D eigenvalue weighted by Crippen LogP contribution is -2.24. The van der Waals surface area contributed by atoms with Crippen molar-refractivity contribution in [2.24, 2.45) is 0 Å². The quantitative estimate of drug-likeness (QED) is 0.809. The Morgan fingerprint density at radius 3 is 3.11 bits per heavy atom. The van der Waals surface area contributed by atoms with Crippen LogP contribution in [0.25, 0.3) is 0 Å². The van der Waals surface area contributed by atoms with Gasteiger partial charge in [-0.3, -0.25) is 4.79 Å². The van der Waals surface area contributed by atoms with Crippen molar-refractivity contribution in [3.8, 4) is 5.75 Å². The first-order valence-corrected chi connectivity index (χ1v) is 6.30. The van der Waals surface area contributed by atoms with E-state index in [1.54, 1.807) is 0 Å². The van der Waals surface area contributed by atoms with E-state index in [0.717, 1.165) is 30.9 Å². The lowest BCUT2D eigenvalue weighted by atomic mass is 10.00. The maximum atomic E-state index is 11.4. The van der Waals surface area contributed by atoms with Crippen LogP contribution in [0.15, 0.2) is 18.2 Å². The number of hydrogen-bond donors (Lipinski definition) is 1. The van der Waals surface area contributed by atoms with E-state index in [2.05, 4.69) is 11.4 Å². The van der Waals surface area contributed by atoms with E-state index in [9.17, 15) is 4.79 Å². The minimum Gasteiger partial charge on any atom is -0.493 e. The highest BCUT2D eigenvalue weighted by atomic mass is 16.5. The van der Waals surface area contributed by atoms with E-state index in [1.807, 2.05) is 19.1 Å². The number of carbonyl (C=O) groups excluding carboxylic acids is 1. The third kappa shape index (κ3) is 2.82. The average Bonchev–Trinajstić information content (AvgIpc) is 2.85. The SMILES string of the molecule is CCNC(CC(=O)OC)c1ccc2c(c1)CCO2. The molecule has 1 aliphatic rings. The van der Waals surface area contributed by atoms with Gasteiger partial charge in [0.2, 0.25) is 0 Å². The van der Waals surface area contributed by atoms with Gasteiger partial charge < -0.3 is 14.8 Å². The molecule has 0 saturated heterocycles. The van der Waals surface area contributed by atoms with Crippen LogP contribution >= 0.6 is 0 Å². The summed E-state index contributed by atoms with van der Waals surface area (Å²) in [5, 5.41) is 3.31. The van der Waals surface area contributed by atoms with E-state index < -0.39 is 0 Å². The number of methoxy groups -OCH3 is 1. The summed E-state index contributed by atoms with van der Waals surface area (Å²) in [6.45, 7) is 3.59. The molecular formula is C14H19NO3. The molecule has 18 heavy (non-hydrogen) atoms. The molecule has 1 atom stereocenters. The van der Waals surface area contributed by atoms with Crippen LogP contribution in [0.4, 0.5) is 0 Å². The molecule has 1 aliphatic heterocycles. The maximum absolute atomic E-state index is 11.4. The van der Waals surface area contributed by atoms with Crippen LogP contribution in [0.2, 0.25) is 0 Å². The van der Waals surface area contributed by atoms with Gasteiger partial charge in [-0.25, -0.2) is 0 Å². The fourth-order valence-electron chi connectivity index (χ4n) is 2.23. The fraction of sp³-hybridized carbons (Fsp3) is 0.500. The molecule has 1 N–H and O–H groups in total. The molecule has 1 aromatic rings. The molecule has 2 rings (SSSR count). The van der Waals surface area contributed by atoms with Gasteiger partial charge in [0, 0.05) is 12.5 Å². The number of esters is 1. The second-order valence-corrected chi connectivity index (χ2v) is 4.36. The predicted octanol–water partition coefficient (Wildman–Crippen LogP) is 1.84. The molecule has 4 nitrogen and oxygen atoms in total. The summed E-state index contributed by atoms with van der Waals surface area (Å²) in [6.07, 6.45) is 1.30. The summed E-state index contributed by atoms with van der Waals surface area (Å²) >= 11 is 0. The number of benzene rings is 1. The zero-order valence-electron chi connectivity index (χ0n) is 10.9. The van der Waals surface area contributed by atoms with E-state index in [0.29, 0.717) is 6.42 Å². The first-order chi connectivity index (χ1) is 8.74. The average molecular weight is 249 g/mol. The predicted molar refractivity (Wildman–Crippen MR) is 68.7 cm³/mol. The van der Waals surface area contributed by atoms with Crippen molar-refractivity contribution in [1.82, 2.24) is 5.32 Å². The summed E-state index contributed by atoms with van der Waals surface area (Å²) < 4.78 is 10.2. The molecule has 0 bridgehead atoms. The van der Waals surface area contributed by atoms with Crippen LogP contribution in [0.3, 0.4) is 0 Å². The van der Waals surface area contributed by atoms with Crippen LogP contribution < -0.4 is 10.1 Å². The van der Waals surface area contributed by atoms with Gasteiger partial charge in [0.25, 0.3) is 0 Å². The molecule has 0 fully saturated rings. The van der Waals surface area contributed by atoms with Crippen LogP contribution in [-0.2, 0) is 16.0 Å². The molecule has 4 heteroatoms. The van der Waals surface area contributed by atoms with Crippen LogP contribution in [0.5, 0.6) is 5.75 Å². The fourth-order valence-corrected chi connectivity index (χ4v) is 2.23. The van der Waals surface area contributed by atoms with Crippen molar-refractivity contribution in [1.29, 1.82) is 0 Å². The number of fused-ring (bicyclic) bond motifs is 1. The smallest absolute Gasteiger partial charge is 0.307 e. The number of hydrogen-bond acceptors (Lipinski definition) is 4. The summed E-state index contributed by atoms with van der Waals surface area (Å²) in [5.74, 6) is 0.768. The second kappa shape index (κ2) is 5.87. The molecule has 1 heterocycles. The number of rotatable bonds is 5. The Balaban J connectivity index is 2.17. The molecule has 1 unspecified atom stereocenters. The van der Waals surface area contributed by atoms with E-state index in [4.69, 9.17) is 9.47 Å². The molecule has 0 amide bonds. The van der Waals surface area contributed by atoms with Gasteiger partial charge >= 0.3 is 5.97 Å². The molecule has 0 spiro atoms. The lowest BCUT2D eigenvalue weighted by molar-refractivity contribution is -0.141. The highest BCUT2D eigenvalue weighted by Gasteiger charge is 2.19. The van der Waals surface area contributed by atoms with Crippen molar-refractivity contribution >= 4 is 5.97 Å². The number of ether oxygens (including phenoxy) is 2. The van der Waals surface area contributed by atoms with Gasteiger partial charge in [0.05, 0.1) is 20.1 Å². The Morgan fingerprint density at radius 2 is 2.39 bits per heavy atom. The van der Waals surface area contributed by atoms with Crippen LogP contribution in [0, 0.1) is 0 Å². The molecule has 98 valence electrons. The third-order valence-electron chi connectivity index (χ3n) is 3.16. The normalized spacial score (nSPS) is 14.8. The zero-order chi connectivity index (χ0) is 13.0. The minimum absolute atomic E-state index is 0.00773. The van der Waals surface area contributed by atoms with Gasteiger partial charge in [-0.1, -0.05) is 19.1 Å². The summed E-state index contributed by atoms with van der Waals surface area (Å²) in [7, 11) is 1.42. The molecule has 0 aromatic heterocycles. The van der Waals surface area contributed by atoms with Gasteiger partial charge in [-0.15, -0.1) is 0 Å². The first kappa shape index (κ1) is 12.9. The summed E-state index contributed by atoms with van der Waals surface area (Å²) in [5.41, 5.74) is 2.34. The monoisotopic (exact) mass is 249 g/mol. The molecule has 0 saturated carbocycles. The van der Waals surface area contributed by atoms with Crippen molar-refractivity contribution in [3.63, 3.8) is 0 Å². The Labute approximate surface area is 107 Å². The Hall–Kier alpha value is -1.55. The van der Waals surface area contributed by atoms with Crippen molar-refractivity contribution in [2.45, 2.75) is 25.8 Å². The highest BCUT2D eigenvalue weighted by molar-refractivity contribution is 5.70. The standard InChI is InChI=1S/C14H19NO3/c1-3-15-12(9-14(16)17-2)10-4-5-13-11(8-10)6-7-18-13/h4-5,8,12,15H,3,6-7,9H2,1-2H3. The van der Waals surface area contributed by atoms with Crippen LogP contribution in [-0.4, -0.2) is 26.2 Å². The first-order valence-electron chi connectivity index (χ1n) is 6.30. The molecule has 1 aromatic carbocycles. The van der Waals surface area contributed by atoms with Gasteiger partial charge in [-0.2, -0.15) is 0 Å². The Morgan fingerprint density at radius 1 is 1.56 bits per heavy atom. The van der Waals surface area contributed by atoms with Gasteiger partial charge in [-0.05, 0) is 23.7 Å². The zero-order valence-corrected chi connectivity index (χ0v) is 10.9. The summed E-state index contributed by atoms with van der Waals surface area (Å²) in [6, 6.07) is 6.13. The molecule has 0 radical (unpaired) electrons. The van der Waals surface area contributed by atoms with Crippen molar-refractivity contribution in [2.75, 3.05) is 20.3 Å². The van der Waals surface area contributed by atoms with Crippen molar-refractivity contribution < 1.29 is 14.3 Å². The Kier molecular flexibility index (Phi) is 4.20. The topological polar surface area (TPSA) is 47.6 Å². The van der Waals surface area contributed by atoms with Crippen molar-refractivity contribution in [3.05, 3.63) is 29.3 Å². The number of nitrogens with one attached hydrogen (secondary N) is 1. The highest BCUT2D eigenvalue weighted by Crippen LogP contribution is 2.29. The molecule has 0 aliphatic carbocycles. The maximum Gasteiger partial charge on any atom is 0.307 e. The third-order valence-corrected chi connectivity index (χ3v) is 3.16. The Bertz CT molecular complexity index is 431. The largest absolute Gasteiger partial charge is 0.493 e. The van der Waals surface area contributed by atoms with E-state index in [-0.39, 0.29) is 12.0 Å². The van der Waals surface area contributed by atoms with Crippen LogP contribution in [0.1, 0.15) is 30.5 Å². The van der Waals surface area contributed by atoms with Gasteiger partial charge in [0.15, 0.2) is 0 Å². The second-order valence-electron chi connectivity index (χ2n) is 4.36. The lowest BCUT2D eigenvalue weighted by Gasteiger charge is -2.17. The van der Waals surface area contributed by atoms with E-state index in [1.165, 1.54) is 12.7 Å². The van der Waals surface area contributed by atoms with E-state index >= 15 is 0 Å². The summed E-state index contributed by atoms with van der Waals surface area (Å²) in [4.78, 5) is 11.4. The molecular weight excluding hydrogens is 230 g/mol. The minimum atomic E-state index is -0.197. The number of carbonyl (C=O) groups is 1.